The Morgan fingerprint density at radius 3 is 1.35 bits per heavy atom. The van der Waals surface area contributed by atoms with Crippen molar-refractivity contribution in [1.82, 2.24) is 30.0 Å². The molecule has 2 aromatic heterocycles. The summed E-state index contributed by atoms with van der Waals surface area (Å²) in [7, 11) is -4.46. The van der Waals surface area contributed by atoms with Gasteiger partial charge in [-0.3, -0.25) is 0 Å². The van der Waals surface area contributed by atoms with Crippen LogP contribution in [-0.4, -0.2) is 61.0 Å². The molecule has 15 heteroatoms. The predicted molar refractivity (Wildman–Crippen MR) is 224 cm³/mol. The van der Waals surface area contributed by atoms with Gasteiger partial charge in [-0.1, -0.05) is 98.2 Å². The predicted octanol–water partition coefficient (Wildman–Crippen LogP) is 8.81. The molecule has 0 bridgehead atoms. The number of hydrogen-bond acceptors (Lipinski definition) is 10. The Labute approximate surface area is 344 Å². The molecule has 57 heavy (non-hydrogen) atoms. The van der Waals surface area contributed by atoms with E-state index in [0.717, 1.165) is 26.7 Å². The van der Waals surface area contributed by atoms with E-state index in [4.69, 9.17) is 9.47 Å². The first-order chi connectivity index (χ1) is 26.5. The Balaban J connectivity index is 0.000000218. The molecule has 0 amide bonds. The Hall–Kier alpha value is -4.86. The molecule has 302 valence electrons. The number of benzene rings is 4. The Morgan fingerprint density at radius 1 is 0.561 bits per heavy atom. The zero-order valence-electron chi connectivity index (χ0n) is 34.3. The van der Waals surface area contributed by atoms with Crippen LogP contribution in [-0.2, 0) is 30.5 Å². The summed E-state index contributed by atoms with van der Waals surface area (Å²) in [5, 5.41) is 16.1. The zero-order valence-corrected chi connectivity index (χ0v) is 37.6. The van der Waals surface area contributed by atoms with Crippen LogP contribution in [0.15, 0.2) is 103 Å². The highest BCUT2D eigenvalue weighted by Crippen LogP contribution is 2.33. The summed E-state index contributed by atoms with van der Waals surface area (Å²) in [6.45, 7) is 19.8. The third kappa shape index (κ3) is 8.85. The minimum absolute atomic E-state index is 0.0525. The van der Waals surface area contributed by atoms with E-state index in [-0.39, 0.29) is 30.7 Å². The van der Waals surface area contributed by atoms with Crippen LogP contribution in [0.1, 0.15) is 75.2 Å². The van der Waals surface area contributed by atoms with Crippen molar-refractivity contribution >= 4 is 35.6 Å². The van der Waals surface area contributed by atoms with Crippen molar-refractivity contribution < 1.29 is 26.3 Å². The topological polar surface area (TPSA) is 148 Å². The van der Waals surface area contributed by atoms with E-state index >= 15 is 0 Å². The van der Waals surface area contributed by atoms with Gasteiger partial charge >= 0.3 is 0 Å². The van der Waals surface area contributed by atoms with Crippen LogP contribution in [0, 0.1) is 27.7 Å². The molecule has 0 aliphatic rings. The Kier molecular flexibility index (Phi) is 12.3. The van der Waals surface area contributed by atoms with E-state index in [9.17, 15) is 16.8 Å². The lowest BCUT2D eigenvalue weighted by Gasteiger charge is -2.19. The Bertz CT molecular complexity index is 2640. The van der Waals surface area contributed by atoms with Gasteiger partial charge in [0.15, 0.2) is 0 Å². The first kappa shape index (κ1) is 43.3. The average Bonchev–Trinajstić information content (AvgIpc) is 3.75. The van der Waals surface area contributed by atoms with Gasteiger partial charge < -0.3 is 9.47 Å². The van der Waals surface area contributed by atoms with Crippen molar-refractivity contribution in [2.75, 3.05) is 14.2 Å². The van der Waals surface area contributed by atoms with Crippen molar-refractivity contribution in [3.63, 3.8) is 0 Å². The summed E-state index contributed by atoms with van der Waals surface area (Å²) in [5.41, 5.74) is 6.13. The van der Waals surface area contributed by atoms with Crippen LogP contribution in [0.25, 0.3) is 11.4 Å². The number of rotatable bonds is 8. The van der Waals surface area contributed by atoms with Crippen LogP contribution in [0.2, 0.25) is 0 Å². The molecule has 0 N–H and O–H groups in total. The molecule has 4 aromatic carbocycles. The first-order valence-corrected chi connectivity index (χ1v) is 21.8. The standard InChI is InChI=1S/C21H24BrN3O3S.C21H25N3O3S/c1-13-11-18(19(28-6)12-17(13)22)25-14(2)20(23-24-25)29(26,27)16-9-7-15(8-10-16)21(3,4)5;1-14-7-12-19(27-6)18(13-14)24-15(2)20(22-23-24)28(25,26)17-10-8-16(9-11-17)21(3,4)5/h7-12H,1-6H3;7-13H,1-6H3. The second-order valence-corrected chi connectivity index (χ2v) is 20.4. The molecular weight excluding hydrogens is 829 g/mol. The first-order valence-electron chi connectivity index (χ1n) is 18.1. The lowest BCUT2D eigenvalue weighted by atomic mass is 9.87. The van der Waals surface area contributed by atoms with Crippen molar-refractivity contribution in [2.24, 2.45) is 0 Å². The van der Waals surface area contributed by atoms with Crippen LogP contribution in [0.4, 0.5) is 0 Å². The normalized spacial score (nSPS) is 12.2. The maximum atomic E-state index is 13.2. The molecule has 6 rings (SSSR count). The highest BCUT2D eigenvalue weighted by Gasteiger charge is 2.29. The lowest BCUT2D eigenvalue weighted by molar-refractivity contribution is 0.410. The van der Waals surface area contributed by atoms with E-state index in [1.165, 1.54) is 9.36 Å². The van der Waals surface area contributed by atoms with Gasteiger partial charge in [0.2, 0.25) is 29.7 Å². The average molecular weight is 878 g/mol. The van der Waals surface area contributed by atoms with Gasteiger partial charge in [0.1, 0.15) is 22.9 Å². The summed E-state index contributed by atoms with van der Waals surface area (Å²) in [4.78, 5) is 0.395. The van der Waals surface area contributed by atoms with Crippen molar-refractivity contribution in [2.45, 2.75) is 99.9 Å². The van der Waals surface area contributed by atoms with E-state index in [0.29, 0.717) is 34.3 Å². The van der Waals surface area contributed by atoms with Gasteiger partial charge in [0, 0.05) is 4.47 Å². The maximum absolute atomic E-state index is 13.2. The van der Waals surface area contributed by atoms with E-state index in [2.05, 4.69) is 78.1 Å². The molecule has 0 aliphatic heterocycles. The van der Waals surface area contributed by atoms with Crippen molar-refractivity contribution in [1.29, 1.82) is 0 Å². The van der Waals surface area contributed by atoms with E-state index < -0.39 is 19.7 Å². The zero-order chi connectivity index (χ0) is 42.2. The SMILES string of the molecule is COc1cc(Br)c(C)cc1-n1nnc(S(=O)(=O)c2ccc(C(C)(C)C)cc2)c1C.COc1ccc(C)cc1-n1nnc(S(=O)(=O)c2ccc(C(C)(C)C)cc2)c1C. The fraction of sp³-hybridized carbons (Fsp3) is 0.333. The highest BCUT2D eigenvalue weighted by atomic mass is 79.9. The summed E-state index contributed by atoms with van der Waals surface area (Å²) < 4.78 is 67.4. The number of hydrogen-bond donors (Lipinski definition) is 0. The van der Waals surface area contributed by atoms with E-state index in [1.54, 1.807) is 52.3 Å². The smallest absolute Gasteiger partial charge is 0.227 e. The number of methoxy groups -OCH3 is 2. The lowest BCUT2D eigenvalue weighted by Crippen LogP contribution is -2.12. The summed E-state index contributed by atoms with van der Waals surface area (Å²) >= 11 is 3.48. The second kappa shape index (κ2) is 16.2. The molecule has 0 atom stereocenters. The monoisotopic (exact) mass is 876 g/mol. The quantitative estimate of drug-likeness (QED) is 0.145. The molecule has 0 unspecified atom stereocenters. The number of aryl methyl sites for hydroxylation is 2. The van der Waals surface area contributed by atoms with Crippen LogP contribution >= 0.6 is 15.9 Å². The molecule has 0 saturated heterocycles. The van der Waals surface area contributed by atoms with Crippen molar-refractivity contribution in [3.8, 4) is 22.9 Å². The third-order valence-corrected chi connectivity index (χ3v) is 13.9. The second-order valence-electron chi connectivity index (χ2n) is 15.8. The fourth-order valence-corrected chi connectivity index (χ4v) is 9.02. The number of nitrogens with zero attached hydrogens (tertiary/aromatic N) is 6. The van der Waals surface area contributed by atoms with Crippen molar-refractivity contribution in [3.05, 3.63) is 117 Å². The van der Waals surface area contributed by atoms with Gasteiger partial charge in [0.25, 0.3) is 0 Å². The highest BCUT2D eigenvalue weighted by molar-refractivity contribution is 9.10. The summed E-state index contributed by atoms with van der Waals surface area (Å²) in [6, 6.07) is 23.2. The Morgan fingerprint density at radius 2 is 0.965 bits per heavy atom. The molecule has 0 fully saturated rings. The van der Waals surface area contributed by atoms with Gasteiger partial charge in [-0.15, -0.1) is 10.2 Å². The molecule has 12 nitrogen and oxygen atoms in total. The minimum atomic E-state index is -3.80. The summed E-state index contributed by atoms with van der Waals surface area (Å²) in [6.07, 6.45) is 0. The fourth-order valence-electron chi connectivity index (χ4n) is 6.02. The number of ether oxygens (including phenoxy) is 2. The van der Waals surface area contributed by atoms with E-state index in [1.807, 2.05) is 68.4 Å². The van der Waals surface area contributed by atoms with Crippen LogP contribution in [0.3, 0.4) is 0 Å². The molecule has 0 saturated carbocycles. The minimum Gasteiger partial charge on any atom is -0.494 e. The van der Waals surface area contributed by atoms with Crippen LogP contribution < -0.4 is 9.47 Å². The van der Waals surface area contributed by atoms with Gasteiger partial charge in [-0.2, -0.15) is 0 Å². The summed E-state index contributed by atoms with van der Waals surface area (Å²) in [5.74, 6) is 1.16. The molecular formula is C42H49BrN6O6S2. The van der Waals surface area contributed by atoms with Gasteiger partial charge in [-0.25, -0.2) is 26.2 Å². The van der Waals surface area contributed by atoms with Gasteiger partial charge in [0.05, 0.1) is 35.4 Å². The number of sulfone groups is 2. The maximum Gasteiger partial charge on any atom is 0.227 e. The molecule has 0 spiro atoms. The number of halogens is 1. The molecule has 0 aliphatic carbocycles. The molecule has 2 heterocycles. The molecule has 0 radical (unpaired) electrons. The van der Waals surface area contributed by atoms with Gasteiger partial charge in [-0.05, 0) is 109 Å². The van der Waals surface area contributed by atoms with Crippen LogP contribution in [0.5, 0.6) is 11.5 Å². The third-order valence-electron chi connectivity index (χ3n) is 9.53. The molecule has 6 aromatic rings. The largest absolute Gasteiger partial charge is 0.494 e. The number of aromatic nitrogens is 6.